The molecule has 0 amide bonds. The fourth-order valence-corrected chi connectivity index (χ4v) is 3.11. The first-order chi connectivity index (χ1) is 9.63. The van der Waals surface area contributed by atoms with Crippen LogP contribution in [0.1, 0.15) is 40.2 Å². The van der Waals surface area contributed by atoms with Crippen LogP contribution in [0.2, 0.25) is 0 Å². The average Bonchev–Trinajstić information content (AvgIpc) is 2.92. The van der Waals surface area contributed by atoms with Gasteiger partial charge in [-0.05, 0) is 42.9 Å². The van der Waals surface area contributed by atoms with Crippen LogP contribution in [0.15, 0.2) is 12.1 Å². The van der Waals surface area contributed by atoms with Gasteiger partial charge in [0, 0.05) is 5.56 Å². The van der Waals surface area contributed by atoms with Crippen molar-refractivity contribution < 1.29 is 4.74 Å². The highest BCUT2D eigenvalue weighted by atomic mass is 32.1. The molecule has 1 unspecified atom stereocenters. The standard InChI is InChI=1S/C14H20N4OS/c1-5-11-14(20-18-17-11)12(16-15)10-7-6-8(2)9(3)13(10)19-4/h6-7,12,16H,5,15H2,1-4H3. The van der Waals surface area contributed by atoms with E-state index < -0.39 is 0 Å². The van der Waals surface area contributed by atoms with Crippen LogP contribution in [-0.2, 0) is 6.42 Å². The first-order valence-electron chi connectivity index (χ1n) is 6.55. The van der Waals surface area contributed by atoms with Crippen molar-refractivity contribution in [1.29, 1.82) is 0 Å². The minimum Gasteiger partial charge on any atom is -0.496 e. The highest BCUT2D eigenvalue weighted by Gasteiger charge is 2.23. The number of aromatic nitrogens is 2. The number of benzene rings is 1. The molecule has 20 heavy (non-hydrogen) atoms. The highest BCUT2D eigenvalue weighted by Crippen LogP contribution is 2.35. The SMILES string of the molecule is CCc1nnsc1C(NN)c1ccc(C)c(C)c1OC. The Morgan fingerprint density at radius 1 is 1.40 bits per heavy atom. The van der Waals surface area contributed by atoms with Crippen LogP contribution in [0, 0.1) is 13.8 Å². The molecule has 0 saturated carbocycles. The molecule has 1 heterocycles. The highest BCUT2D eigenvalue weighted by molar-refractivity contribution is 7.05. The molecule has 3 N–H and O–H groups in total. The minimum absolute atomic E-state index is 0.154. The van der Waals surface area contributed by atoms with Gasteiger partial charge in [0.05, 0.1) is 23.7 Å². The number of hydrazine groups is 1. The summed E-state index contributed by atoms with van der Waals surface area (Å²) in [4.78, 5) is 1.04. The maximum Gasteiger partial charge on any atom is 0.127 e. The molecule has 1 aromatic heterocycles. The number of nitrogens with zero attached hydrogens (tertiary/aromatic N) is 2. The summed E-state index contributed by atoms with van der Waals surface area (Å²) in [7, 11) is 1.69. The molecule has 6 heteroatoms. The van der Waals surface area contributed by atoms with E-state index in [2.05, 4.69) is 41.9 Å². The van der Waals surface area contributed by atoms with E-state index in [4.69, 9.17) is 10.6 Å². The van der Waals surface area contributed by atoms with Gasteiger partial charge < -0.3 is 4.74 Å². The Balaban J connectivity index is 2.55. The van der Waals surface area contributed by atoms with Crippen molar-refractivity contribution >= 4 is 11.5 Å². The summed E-state index contributed by atoms with van der Waals surface area (Å²) in [6.45, 7) is 6.18. The Hall–Kier alpha value is -1.50. The predicted molar refractivity (Wildman–Crippen MR) is 80.9 cm³/mol. The lowest BCUT2D eigenvalue weighted by Crippen LogP contribution is -2.29. The van der Waals surface area contributed by atoms with E-state index >= 15 is 0 Å². The Labute approximate surface area is 123 Å². The zero-order valence-corrected chi connectivity index (χ0v) is 13.0. The van der Waals surface area contributed by atoms with E-state index in [9.17, 15) is 0 Å². The molecule has 0 saturated heterocycles. The van der Waals surface area contributed by atoms with Gasteiger partial charge in [0.15, 0.2) is 0 Å². The normalized spacial score (nSPS) is 12.4. The van der Waals surface area contributed by atoms with Crippen LogP contribution in [0.3, 0.4) is 0 Å². The van der Waals surface area contributed by atoms with Crippen molar-refractivity contribution in [3.05, 3.63) is 39.4 Å². The number of ether oxygens (including phenoxy) is 1. The third kappa shape index (κ3) is 2.54. The second-order valence-corrected chi connectivity index (χ2v) is 5.45. The van der Waals surface area contributed by atoms with Crippen LogP contribution in [-0.4, -0.2) is 16.7 Å². The maximum absolute atomic E-state index is 5.78. The van der Waals surface area contributed by atoms with Crippen LogP contribution < -0.4 is 16.0 Å². The van der Waals surface area contributed by atoms with E-state index in [1.807, 2.05) is 6.07 Å². The number of nitrogens with two attached hydrogens (primary N) is 1. The largest absolute Gasteiger partial charge is 0.496 e. The molecule has 0 spiro atoms. The van der Waals surface area contributed by atoms with E-state index in [1.54, 1.807) is 7.11 Å². The van der Waals surface area contributed by atoms with Crippen molar-refractivity contribution in [2.75, 3.05) is 7.11 Å². The summed E-state index contributed by atoms with van der Waals surface area (Å²) in [6, 6.07) is 3.97. The van der Waals surface area contributed by atoms with Crippen LogP contribution >= 0.6 is 11.5 Å². The number of hydrogen-bond donors (Lipinski definition) is 2. The monoisotopic (exact) mass is 292 g/mol. The van der Waals surface area contributed by atoms with Crippen molar-refractivity contribution in [3.63, 3.8) is 0 Å². The number of hydrogen-bond acceptors (Lipinski definition) is 6. The third-order valence-corrected chi connectivity index (χ3v) is 4.40. The lowest BCUT2D eigenvalue weighted by Gasteiger charge is -2.20. The molecular formula is C14H20N4OS. The molecule has 108 valence electrons. The number of aryl methyl sites for hydroxylation is 2. The zero-order chi connectivity index (χ0) is 14.7. The van der Waals surface area contributed by atoms with E-state index in [0.717, 1.165) is 33.9 Å². The Morgan fingerprint density at radius 3 is 2.75 bits per heavy atom. The summed E-state index contributed by atoms with van der Waals surface area (Å²) >= 11 is 1.37. The smallest absolute Gasteiger partial charge is 0.127 e. The second kappa shape index (κ2) is 6.30. The molecule has 0 aliphatic carbocycles. The van der Waals surface area contributed by atoms with Gasteiger partial charge >= 0.3 is 0 Å². The molecule has 1 aromatic carbocycles. The van der Waals surface area contributed by atoms with Crippen LogP contribution in [0.4, 0.5) is 0 Å². The topological polar surface area (TPSA) is 73.1 Å². The Bertz CT molecular complexity index is 597. The summed E-state index contributed by atoms with van der Waals surface area (Å²) in [5.74, 6) is 6.64. The first kappa shape index (κ1) is 14.9. The summed E-state index contributed by atoms with van der Waals surface area (Å²) in [5.41, 5.74) is 7.17. The van der Waals surface area contributed by atoms with E-state index in [1.165, 1.54) is 17.1 Å². The third-order valence-electron chi connectivity index (χ3n) is 3.57. The van der Waals surface area contributed by atoms with Gasteiger partial charge in [-0.3, -0.25) is 5.84 Å². The van der Waals surface area contributed by atoms with Gasteiger partial charge in [-0.25, -0.2) is 5.43 Å². The zero-order valence-electron chi connectivity index (χ0n) is 12.2. The second-order valence-electron chi connectivity index (χ2n) is 4.67. The van der Waals surface area contributed by atoms with Gasteiger partial charge in [-0.1, -0.05) is 23.5 Å². The van der Waals surface area contributed by atoms with E-state index in [-0.39, 0.29) is 6.04 Å². The van der Waals surface area contributed by atoms with Gasteiger partial charge in [-0.2, -0.15) is 0 Å². The van der Waals surface area contributed by atoms with Gasteiger partial charge in [0.2, 0.25) is 0 Å². The Kier molecular flexibility index (Phi) is 4.69. The van der Waals surface area contributed by atoms with E-state index in [0.29, 0.717) is 0 Å². The lowest BCUT2D eigenvalue weighted by atomic mass is 9.97. The van der Waals surface area contributed by atoms with Crippen molar-refractivity contribution in [2.45, 2.75) is 33.2 Å². The minimum atomic E-state index is -0.154. The molecular weight excluding hydrogens is 272 g/mol. The molecule has 2 aromatic rings. The summed E-state index contributed by atoms with van der Waals surface area (Å²) in [6.07, 6.45) is 0.831. The molecule has 0 aliphatic heterocycles. The average molecular weight is 292 g/mol. The fourth-order valence-electron chi connectivity index (χ4n) is 2.30. The predicted octanol–water partition coefficient (Wildman–Crippen LogP) is 2.28. The molecule has 1 atom stereocenters. The molecule has 0 fully saturated rings. The van der Waals surface area contributed by atoms with Gasteiger partial charge in [0.25, 0.3) is 0 Å². The molecule has 0 aliphatic rings. The number of methoxy groups -OCH3 is 1. The molecule has 5 nitrogen and oxygen atoms in total. The van der Waals surface area contributed by atoms with Crippen LogP contribution in [0.25, 0.3) is 0 Å². The lowest BCUT2D eigenvalue weighted by molar-refractivity contribution is 0.401. The molecule has 0 bridgehead atoms. The quantitative estimate of drug-likeness (QED) is 0.653. The maximum atomic E-state index is 5.78. The number of rotatable bonds is 5. The van der Waals surface area contributed by atoms with Crippen molar-refractivity contribution in [2.24, 2.45) is 5.84 Å². The van der Waals surface area contributed by atoms with Crippen molar-refractivity contribution in [1.82, 2.24) is 15.0 Å². The Morgan fingerprint density at radius 2 is 2.15 bits per heavy atom. The first-order valence-corrected chi connectivity index (χ1v) is 7.32. The fraction of sp³-hybridized carbons (Fsp3) is 0.429. The van der Waals surface area contributed by atoms with Crippen LogP contribution in [0.5, 0.6) is 5.75 Å². The molecule has 2 rings (SSSR count). The van der Waals surface area contributed by atoms with Crippen molar-refractivity contribution in [3.8, 4) is 5.75 Å². The summed E-state index contributed by atoms with van der Waals surface area (Å²) in [5, 5.41) is 4.16. The summed E-state index contributed by atoms with van der Waals surface area (Å²) < 4.78 is 9.62. The van der Waals surface area contributed by atoms with Gasteiger partial charge in [0.1, 0.15) is 5.75 Å². The molecule has 0 radical (unpaired) electrons. The number of nitrogens with one attached hydrogen (secondary N) is 1. The van der Waals surface area contributed by atoms with Gasteiger partial charge in [-0.15, -0.1) is 5.10 Å².